The summed E-state index contributed by atoms with van der Waals surface area (Å²) in [6.07, 6.45) is 3.04. The molecule has 0 atom stereocenters. The van der Waals surface area contributed by atoms with Gasteiger partial charge in [-0.1, -0.05) is 18.2 Å². The van der Waals surface area contributed by atoms with Crippen molar-refractivity contribution in [3.05, 3.63) is 88.9 Å². The Kier molecular flexibility index (Phi) is 7.44. The van der Waals surface area contributed by atoms with Crippen molar-refractivity contribution in [2.24, 2.45) is 0 Å². The molecule has 0 aliphatic heterocycles. The third kappa shape index (κ3) is 6.34. The first-order valence-electron chi connectivity index (χ1n) is 9.97. The number of hydrogen-bond acceptors (Lipinski definition) is 5. The van der Waals surface area contributed by atoms with Gasteiger partial charge in [0.2, 0.25) is 0 Å². The SMILES string of the molecule is Cc1ccc(NC(=O)/C(C#N)=C/c2ccc(OCC(=O)NCc3ccco3)cc2)cc1C. The molecule has 0 radical (unpaired) electrons. The standard InChI is InChI=1S/C25H23N3O4/c1-17-5-8-21(12-18(17)2)28-25(30)20(14-26)13-19-6-9-22(10-7-19)32-16-24(29)27-15-23-4-3-11-31-23/h3-13H,15-16H2,1-2H3,(H,27,29)(H,28,30)/b20-13+. The third-order valence-electron chi connectivity index (χ3n) is 4.73. The van der Waals surface area contributed by atoms with Crippen LogP contribution in [-0.4, -0.2) is 18.4 Å². The van der Waals surface area contributed by atoms with E-state index in [9.17, 15) is 14.9 Å². The maximum atomic E-state index is 12.5. The van der Waals surface area contributed by atoms with E-state index in [4.69, 9.17) is 9.15 Å². The van der Waals surface area contributed by atoms with Gasteiger partial charge in [0.15, 0.2) is 6.61 Å². The number of nitrogens with zero attached hydrogens (tertiary/aromatic N) is 1. The highest BCUT2D eigenvalue weighted by atomic mass is 16.5. The minimum absolute atomic E-state index is 0.0193. The fraction of sp³-hybridized carbons (Fsp3) is 0.160. The van der Waals surface area contributed by atoms with Gasteiger partial charge in [-0.2, -0.15) is 5.26 Å². The molecule has 0 saturated carbocycles. The van der Waals surface area contributed by atoms with Crippen LogP contribution < -0.4 is 15.4 Å². The van der Waals surface area contributed by atoms with Crippen molar-refractivity contribution in [2.45, 2.75) is 20.4 Å². The molecule has 2 amide bonds. The second-order valence-corrected chi connectivity index (χ2v) is 7.14. The number of furan rings is 1. The summed E-state index contributed by atoms with van der Waals surface area (Å²) >= 11 is 0. The quantitative estimate of drug-likeness (QED) is 0.414. The lowest BCUT2D eigenvalue weighted by atomic mass is 10.1. The predicted molar refractivity (Wildman–Crippen MR) is 121 cm³/mol. The van der Waals surface area contributed by atoms with Crippen LogP contribution in [0.15, 0.2) is 70.9 Å². The number of nitriles is 1. The summed E-state index contributed by atoms with van der Waals surface area (Å²) in [5.41, 5.74) is 3.45. The topological polar surface area (TPSA) is 104 Å². The molecule has 32 heavy (non-hydrogen) atoms. The Morgan fingerprint density at radius 2 is 1.88 bits per heavy atom. The molecule has 1 heterocycles. The lowest BCUT2D eigenvalue weighted by Crippen LogP contribution is -2.28. The van der Waals surface area contributed by atoms with Crippen molar-refractivity contribution in [1.82, 2.24) is 5.32 Å². The average molecular weight is 429 g/mol. The molecule has 1 aromatic heterocycles. The zero-order valence-corrected chi connectivity index (χ0v) is 17.8. The molecule has 2 aromatic carbocycles. The Bertz CT molecular complexity index is 1160. The summed E-state index contributed by atoms with van der Waals surface area (Å²) in [5, 5.41) is 14.8. The second kappa shape index (κ2) is 10.6. The number of carbonyl (C=O) groups excluding carboxylic acids is 2. The Morgan fingerprint density at radius 3 is 2.53 bits per heavy atom. The van der Waals surface area contributed by atoms with Gasteiger partial charge < -0.3 is 19.8 Å². The summed E-state index contributed by atoms with van der Waals surface area (Å²) in [4.78, 5) is 24.3. The number of aryl methyl sites for hydroxylation is 2. The van der Waals surface area contributed by atoms with E-state index in [2.05, 4.69) is 10.6 Å². The van der Waals surface area contributed by atoms with Gasteiger partial charge in [0, 0.05) is 5.69 Å². The zero-order chi connectivity index (χ0) is 22.9. The van der Waals surface area contributed by atoms with Crippen molar-refractivity contribution < 1.29 is 18.7 Å². The van der Waals surface area contributed by atoms with Gasteiger partial charge in [-0.25, -0.2) is 0 Å². The molecule has 7 heteroatoms. The van der Waals surface area contributed by atoms with E-state index in [-0.39, 0.29) is 18.1 Å². The van der Waals surface area contributed by atoms with Crippen molar-refractivity contribution in [2.75, 3.05) is 11.9 Å². The summed E-state index contributed by atoms with van der Waals surface area (Å²) in [7, 11) is 0. The van der Waals surface area contributed by atoms with Gasteiger partial charge in [-0.3, -0.25) is 9.59 Å². The Balaban J connectivity index is 1.55. The Morgan fingerprint density at radius 1 is 1.09 bits per heavy atom. The van der Waals surface area contributed by atoms with Crippen LogP contribution >= 0.6 is 0 Å². The molecule has 3 aromatic rings. The maximum absolute atomic E-state index is 12.5. The van der Waals surface area contributed by atoms with Crippen LogP contribution in [0, 0.1) is 25.2 Å². The molecule has 3 rings (SSSR count). The van der Waals surface area contributed by atoms with E-state index in [1.165, 1.54) is 6.08 Å². The number of hydrogen-bond donors (Lipinski definition) is 2. The van der Waals surface area contributed by atoms with Crippen molar-refractivity contribution in [3.63, 3.8) is 0 Å². The lowest BCUT2D eigenvalue weighted by Gasteiger charge is -2.08. The Labute approximate surface area is 186 Å². The van der Waals surface area contributed by atoms with Gasteiger partial charge in [0.05, 0.1) is 12.8 Å². The number of rotatable bonds is 8. The largest absolute Gasteiger partial charge is 0.484 e. The summed E-state index contributed by atoms with van der Waals surface area (Å²) in [6.45, 7) is 4.10. The van der Waals surface area contributed by atoms with Crippen molar-refractivity contribution in [1.29, 1.82) is 5.26 Å². The van der Waals surface area contributed by atoms with Gasteiger partial charge in [0.1, 0.15) is 23.2 Å². The highest BCUT2D eigenvalue weighted by Gasteiger charge is 2.10. The van der Waals surface area contributed by atoms with E-state index in [0.717, 1.165) is 11.1 Å². The average Bonchev–Trinajstić information content (AvgIpc) is 3.31. The number of benzene rings is 2. The normalized spacial score (nSPS) is 10.8. The van der Waals surface area contributed by atoms with Crippen molar-refractivity contribution >= 4 is 23.6 Å². The van der Waals surface area contributed by atoms with Crippen LogP contribution in [0.25, 0.3) is 6.08 Å². The van der Waals surface area contributed by atoms with E-state index < -0.39 is 5.91 Å². The zero-order valence-electron chi connectivity index (χ0n) is 17.8. The lowest BCUT2D eigenvalue weighted by molar-refractivity contribution is -0.123. The molecule has 0 unspecified atom stereocenters. The number of nitrogens with one attached hydrogen (secondary N) is 2. The maximum Gasteiger partial charge on any atom is 0.266 e. The number of carbonyl (C=O) groups is 2. The number of amides is 2. The smallest absolute Gasteiger partial charge is 0.266 e. The number of anilines is 1. The Hall–Kier alpha value is -4.31. The number of ether oxygens (including phenoxy) is 1. The van der Waals surface area contributed by atoms with Crippen molar-refractivity contribution in [3.8, 4) is 11.8 Å². The van der Waals surface area contributed by atoms with E-state index in [1.807, 2.05) is 32.0 Å². The summed E-state index contributed by atoms with van der Waals surface area (Å²) in [6, 6.07) is 17.8. The third-order valence-corrected chi connectivity index (χ3v) is 4.73. The van der Waals surface area contributed by atoms with E-state index >= 15 is 0 Å². The first-order valence-corrected chi connectivity index (χ1v) is 9.97. The summed E-state index contributed by atoms with van der Waals surface area (Å²) in [5.74, 6) is 0.391. The van der Waals surface area contributed by atoms with E-state index in [1.54, 1.807) is 48.7 Å². The molecular formula is C25H23N3O4. The molecule has 0 aliphatic rings. The van der Waals surface area contributed by atoms with Crippen LogP contribution in [0.5, 0.6) is 5.75 Å². The van der Waals surface area contributed by atoms with Gasteiger partial charge in [0.25, 0.3) is 11.8 Å². The van der Waals surface area contributed by atoms with Crippen LogP contribution in [0.1, 0.15) is 22.5 Å². The molecular weight excluding hydrogens is 406 g/mol. The molecule has 2 N–H and O–H groups in total. The monoisotopic (exact) mass is 429 g/mol. The minimum Gasteiger partial charge on any atom is -0.484 e. The highest BCUT2D eigenvalue weighted by molar-refractivity contribution is 6.09. The predicted octanol–water partition coefficient (Wildman–Crippen LogP) is 4.14. The molecule has 0 bridgehead atoms. The first kappa shape index (κ1) is 22.4. The molecule has 0 saturated heterocycles. The first-order chi connectivity index (χ1) is 15.4. The van der Waals surface area contributed by atoms with Gasteiger partial charge >= 0.3 is 0 Å². The summed E-state index contributed by atoms with van der Waals surface area (Å²) < 4.78 is 10.6. The van der Waals surface area contributed by atoms with Gasteiger partial charge in [-0.15, -0.1) is 0 Å². The highest BCUT2D eigenvalue weighted by Crippen LogP contribution is 2.17. The molecule has 0 aliphatic carbocycles. The van der Waals surface area contributed by atoms with E-state index in [0.29, 0.717) is 29.3 Å². The van der Waals surface area contributed by atoms with Gasteiger partial charge in [-0.05, 0) is 73.0 Å². The fourth-order valence-electron chi connectivity index (χ4n) is 2.79. The van der Waals surface area contributed by atoms with Crippen LogP contribution in [0.2, 0.25) is 0 Å². The molecule has 7 nitrogen and oxygen atoms in total. The second-order valence-electron chi connectivity index (χ2n) is 7.14. The minimum atomic E-state index is -0.482. The molecule has 0 spiro atoms. The van der Waals surface area contributed by atoms with Crippen LogP contribution in [0.3, 0.4) is 0 Å². The van der Waals surface area contributed by atoms with Crippen LogP contribution in [-0.2, 0) is 16.1 Å². The molecule has 0 fully saturated rings. The van der Waals surface area contributed by atoms with Crippen LogP contribution in [0.4, 0.5) is 5.69 Å². The molecule has 162 valence electrons. The fourth-order valence-corrected chi connectivity index (χ4v) is 2.79.